The highest BCUT2D eigenvalue weighted by atomic mass is 28.3. The molecular formula is C26H35FSi. The summed E-state index contributed by atoms with van der Waals surface area (Å²) in [5, 5.41) is 0. The fourth-order valence-electron chi connectivity index (χ4n) is 5.87. The van der Waals surface area contributed by atoms with Gasteiger partial charge in [-0.05, 0) is 72.3 Å². The Hall–Kier alpha value is -1.41. The van der Waals surface area contributed by atoms with Gasteiger partial charge in [-0.1, -0.05) is 80.7 Å². The number of benzene rings is 2. The van der Waals surface area contributed by atoms with Gasteiger partial charge in [-0.25, -0.2) is 4.39 Å². The van der Waals surface area contributed by atoms with E-state index in [1.54, 1.807) is 43.1 Å². The topological polar surface area (TPSA) is 0 Å². The van der Waals surface area contributed by atoms with Crippen LogP contribution in [-0.2, 0) is 0 Å². The van der Waals surface area contributed by atoms with Crippen LogP contribution in [0.25, 0.3) is 11.1 Å². The number of hydrogen-bond acceptors (Lipinski definition) is 0. The molecular weight excluding hydrogens is 359 g/mol. The van der Waals surface area contributed by atoms with Gasteiger partial charge in [0.25, 0.3) is 0 Å². The second-order valence-electron chi connectivity index (χ2n) is 9.31. The molecule has 1 saturated carbocycles. The SMILES string of the molecule is CCC[SiH]1CCC(C2CCC(c3ccc(-c4ccc(F)cc4)cc3)CC2)CC1. The van der Waals surface area contributed by atoms with Gasteiger partial charge in [0, 0.05) is 8.80 Å². The molecule has 1 heterocycles. The third kappa shape index (κ3) is 4.76. The summed E-state index contributed by atoms with van der Waals surface area (Å²) in [6, 6.07) is 20.7. The van der Waals surface area contributed by atoms with Crippen LogP contribution < -0.4 is 0 Å². The minimum atomic E-state index is -0.335. The molecule has 2 heteroatoms. The van der Waals surface area contributed by atoms with E-state index in [1.807, 2.05) is 12.1 Å². The van der Waals surface area contributed by atoms with E-state index in [2.05, 4.69) is 31.2 Å². The van der Waals surface area contributed by atoms with Crippen LogP contribution in [0.1, 0.15) is 63.4 Å². The standard InChI is InChI=1S/C26H35FSi/c1-2-17-28-18-15-25(16-19-28)23-9-7-21(8-10-23)20-3-5-22(6-4-20)24-11-13-26(27)14-12-24/h3-6,11-14,21,23,25,28H,2,7-10,15-19H2,1H3. The van der Waals surface area contributed by atoms with E-state index in [1.165, 1.54) is 43.2 Å². The van der Waals surface area contributed by atoms with E-state index in [0.29, 0.717) is 0 Å². The third-order valence-electron chi connectivity index (χ3n) is 7.59. The van der Waals surface area contributed by atoms with E-state index in [4.69, 9.17) is 0 Å². The first-order valence-corrected chi connectivity index (χ1v) is 14.0. The monoisotopic (exact) mass is 394 g/mol. The lowest BCUT2D eigenvalue weighted by Gasteiger charge is -2.37. The van der Waals surface area contributed by atoms with Crippen molar-refractivity contribution in [2.75, 3.05) is 0 Å². The minimum Gasteiger partial charge on any atom is -0.207 e. The van der Waals surface area contributed by atoms with Crippen LogP contribution in [-0.4, -0.2) is 8.80 Å². The van der Waals surface area contributed by atoms with Gasteiger partial charge < -0.3 is 0 Å². The molecule has 0 nitrogen and oxygen atoms in total. The largest absolute Gasteiger partial charge is 0.207 e. The molecule has 2 aromatic rings. The second kappa shape index (κ2) is 9.39. The summed E-state index contributed by atoms with van der Waals surface area (Å²) in [5.41, 5.74) is 3.78. The lowest BCUT2D eigenvalue weighted by molar-refractivity contribution is 0.216. The van der Waals surface area contributed by atoms with Crippen molar-refractivity contribution in [3.63, 3.8) is 0 Å². The Morgan fingerprint density at radius 2 is 1.29 bits per heavy atom. The first-order chi connectivity index (χ1) is 13.7. The molecule has 0 aromatic heterocycles. The van der Waals surface area contributed by atoms with Crippen LogP contribution in [0.3, 0.4) is 0 Å². The van der Waals surface area contributed by atoms with Crippen LogP contribution in [0.5, 0.6) is 0 Å². The van der Waals surface area contributed by atoms with E-state index < -0.39 is 0 Å². The quantitative estimate of drug-likeness (QED) is 0.454. The molecule has 1 aliphatic heterocycles. The summed E-state index contributed by atoms with van der Waals surface area (Å²) >= 11 is 0. The molecule has 0 spiro atoms. The molecule has 0 N–H and O–H groups in total. The predicted octanol–water partition coefficient (Wildman–Crippen LogP) is 7.81. The van der Waals surface area contributed by atoms with Crippen molar-refractivity contribution in [3.8, 4) is 11.1 Å². The van der Waals surface area contributed by atoms with Crippen LogP contribution in [0.2, 0.25) is 18.1 Å². The maximum absolute atomic E-state index is 13.1. The van der Waals surface area contributed by atoms with Crippen molar-refractivity contribution in [3.05, 3.63) is 59.9 Å². The normalized spacial score (nSPS) is 28.2. The minimum absolute atomic E-state index is 0.168. The van der Waals surface area contributed by atoms with Gasteiger partial charge in [0.15, 0.2) is 0 Å². The molecule has 4 rings (SSSR count). The Labute approximate surface area is 172 Å². The van der Waals surface area contributed by atoms with E-state index in [-0.39, 0.29) is 14.6 Å². The van der Waals surface area contributed by atoms with Gasteiger partial charge >= 0.3 is 0 Å². The van der Waals surface area contributed by atoms with Crippen LogP contribution in [0.4, 0.5) is 4.39 Å². The van der Waals surface area contributed by atoms with Gasteiger partial charge in [-0.2, -0.15) is 0 Å². The van der Waals surface area contributed by atoms with Gasteiger partial charge in [-0.15, -0.1) is 0 Å². The van der Waals surface area contributed by atoms with E-state index >= 15 is 0 Å². The third-order valence-corrected chi connectivity index (χ3v) is 11.3. The average molecular weight is 395 g/mol. The molecule has 2 fully saturated rings. The Balaban J connectivity index is 1.30. The molecule has 0 amide bonds. The summed E-state index contributed by atoms with van der Waals surface area (Å²) in [5.74, 6) is 2.62. The fourth-order valence-corrected chi connectivity index (χ4v) is 9.35. The highest BCUT2D eigenvalue weighted by Crippen LogP contribution is 2.43. The zero-order chi connectivity index (χ0) is 19.3. The highest BCUT2D eigenvalue weighted by Gasteiger charge is 2.31. The van der Waals surface area contributed by atoms with Gasteiger partial charge in [-0.3, -0.25) is 0 Å². The molecule has 2 aliphatic rings. The van der Waals surface area contributed by atoms with Crippen molar-refractivity contribution in [2.45, 2.75) is 75.9 Å². The second-order valence-corrected chi connectivity index (χ2v) is 12.8. The summed E-state index contributed by atoms with van der Waals surface area (Å²) in [6.45, 7) is 2.37. The molecule has 0 atom stereocenters. The molecule has 0 bridgehead atoms. The van der Waals surface area contributed by atoms with Crippen molar-refractivity contribution >= 4 is 8.80 Å². The predicted molar refractivity (Wildman–Crippen MR) is 121 cm³/mol. The zero-order valence-corrected chi connectivity index (χ0v) is 18.5. The maximum atomic E-state index is 13.1. The van der Waals surface area contributed by atoms with Crippen molar-refractivity contribution in [2.24, 2.45) is 11.8 Å². The molecule has 2 aromatic carbocycles. The van der Waals surface area contributed by atoms with Crippen LogP contribution >= 0.6 is 0 Å². The number of halogens is 1. The van der Waals surface area contributed by atoms with Crippen molar-refractivity contribution in [1.82, 2.24) is 0 Å². The Morgan fingerprint density at radius 3 is 1.86 bits per heavy atom. The number of rotatable bonds is 5. The molecule has 0 radical (unpaired) electrons. The molecule has 150 valence electrons. The molecule has 28 heavy (non-hydrogen) atoms. The van der Waals surface area contributed by atoms with Crippen LogP contribution in [0.15, 0.2) is 48.5 Å². The average Bonchev–Trinajstić information content (AvgIpc) is 2.75. The van der Waals surface area contributed by atoms with Gasteiger partial charge in [0.1, 0.15) is 5.82 Å². The molecule has 0 unspecified atom stereocenters. The Kier molecular flexibility index (Phi) is 6.67. The smallest absolute Gasteiger partial charge is 0.123 e. The fraction of sp³-hybridized carbons (Fsp3) is 0.538. The van der Waals surface area contributed by atoms with Crippen molar-refractivity contribution < 1.29 is 4.39 Å². The first kappa shape index (κ1) is 19.9. The van der Waals surface area contributed by atoms with Crippen LogP contribution in [0, 0.1) is 17.7 Å². The Morgan fingerprint density at radius 1 is 0.750 bits per heavy atom. The lowest BCUT2D eigenvalue weighted by Crippen LogP contribution is -2.28. The molecule has 1 saturated heterocycles. The lowest BCUT2D eigenvalue weighted by atomic mass is 9.72. The zero-order valence-electron chi connectivity index (χ0n) is 17.4. The number of hydrogen-bond donors (Lipinski definition) is 0. The molecule has 1 aliphatic carbocycles. The van der Waals surface area contributed by atoms with Gasteiger partial charge in [0.05, 0.1) is 0 Å². The summed E-state index contributed by atoms with van der Waals surface area (Å²) in [6.07, 6.45) is 10.1. The Bertz CT molecular complexity index is 720. The van der Waals surface area contributed by atoms with E-state index in [0.717, 1.165) is 23.3 Å². The highest BCUT2D eigenvalue weighted by molar-refractivity contribution is 6.58. The first-order valence-electron chi connectivity index (χ1n) is 11.6. The summed E-state index contributed by atoms with van der Waals surface area (Å²) in [7, 11) is -0.335. The van der Waals surface area contributed by atoms with E-state index in [9.17, 15) is 4.39 Å². The maximum Gasteiger partial charge on any atom is 0.123 e. The summed E-state index contributed by atoms with van der Waals surface area (Å²) in [4.78, 5) is 0. The van der Waals surface area contributed by atoms with Gasteiger partial charge in [0.2, 0.25) is 0 Å². The summed E-state index contributed by atoms with van der Waals surface area (Å²) < 4.78 is 13.1. The van der Waals surface area contributed by atoms with Crippen molar-refractivity contribution in [1.29, 1.82) is 0 Å².